The van der Waals surface area contributed by atoms with E-state index in [0.29, 0.717) is 11.4 Å². The summed E-state index contributed by atoms with van der Waals surface area (Å²) < 4.78 is 5.16. The number of halogens is 1. The average Bonchev–Trinajstić information content (AvgIpc) is 2.46. The van der Waals surface area contributed by atoms with E-state index in [1.165, 1.54) is 0 Å². The maximum Gasteiger partial charge on any atom is 0.231 e. The van der Waals surface area contributed by atoms with Crippen LogP contribution in [0.25, 0.3) is 0 Å². The molecule has 1 aliphatic heterocycles. The van der Waals surface area contributed by atoms with E-state index >= 15 is 0 Å². The third-order valence-electron chi connectivity index (χ3n) is 3.96. The molecule has 2 unspecified atom stereocenters. The van der Waals surface area contributed by atoms with Gasteiger partial charge in [-0.3, -0.25) is 4.79 Å². The topological polar surface area (TPSA) is 29.5 Å². The Balaban J connectivity index is 2.11. The molecule has 114 valence electrons. The summed E-state index contributed by atoms with van der Waals surface area (Å²) in [5, 5.41) is 0. The molecule has 2 atom stereocenters. The van der Waals surface area contributed by atoms with Gasteiger partial charge in [0.05, 0.1) is 18.6 Å². The standard InChI is InChI=1S/C17H22BrNO2/c1-12(18)5-10-15-17(2,3)16(20)19(15)11-13-6-8-14(21-4)9-7-13/h5-10,12,15H,11H2,1-4H3/b10-5+. The van der Waals surface area contributed by atoms with Gasteiger partial charge in [-0.15, -0.1) is 0 Å². The van der Waals surface area contributed by atoms with Crippen molar-refractivity contribution in [2.24, 2.45) is 5.41 Å². The first kappa shape index (κ1) is 16.1. The van der Waals surface area contributed by atoms with Crippen LogP contribution >= 0.6 is 15.9 Å². The number of nitrogens with zero attached hydrogens (tertiary/aromatic N) is 1. The number of rotatable bonds is 5. The predicted octanol–water partition coefficient (Wildman–Crippen LogP) is 3.77. The van der Waals surface area contributed by atoms with Gasteiger partial charge in [0.25, 0.3) is 0 Å². The summed E-state index contributed by atoms with van der Waals surface area (Å²) in [6.45, 7) is 6.72. The molecule has 1 aliphatic rings. The van der Waals surface area contributed by atoms with E-state index in [1.54, 1.807) is 7.11 Å². The van der Waals surface area contributed by atoms with Crippen molar-refractivity contribution in [1.82, 2.24) is 4.90 Å². The van der Waals surface area contributed by atoms with Crippen LogP contribution in [0.1, 0.15) is 26.3 Å². The Hall–Kier alpha value is -1.29. The van der Waals surface area contributed by atoms with E-state index in [2.05, 4.69) is 35.0 Å². The molecule has 0 saturated carbocycles. The molecule has 21 heavy (non-hydrogen) atoms. The molecular weight excluding hydrogens is 330 g/mol. The Labute approximate surface area is 135 Å². The number of alkyl halides is 1. The molecule has 0 N–H and O–H groups in total. The van der Waals surface area contributed by atoms with Crippen molar-refractivity contribution in [1.29, 1.82) is 0 Å². The molecule has 1 saturated heterocycles. The Morgan fingerprint density at radius 3 is 2.52 bits per heavy atom. The molecule has 0 spiro atoms. The highest BCUT2D eigenvalue weighted by Crippen LogP contribution is 2.40. The van der Waals surface area contributed by atoms with Crippen LogP contribution in [-0.4, -0.2) is 28.8 Å². The maximum atomic E-state index is 12.3. The van der Waals surface area contributed by atoms with Crippen LogP contribution < -0.4 is 4.74 Å². The first-order chi connectivity index (χ1) is 9.86. The van der Waals surface area contributed by atoms with Gasteiger partial charge >= 0.3 is 0 Å². The zero-order valence-corrected chi connectivity index (χ0v) is 14.6. The highest BCUT2D eigenvalue weighted by Gasteiger charge is 2.52. The Kier molecular flexibility index (Phi) is 4.77. The molecule has 2 rings (SSSR count). The molecule has 3 nitrogen and oxygen atoms in total. The molecule has 1 fully saturated rings. The van der Waals surface area contributed by atoms with E-state index in [0.717, 1.165) is 11.3 Å². The number of benzene rings is 1. The summed E-state index contributed by atoms with van der Waals surface area (Å²) in [5.41, 5.74) is 0.801. The summed E-state index contributed by atoms with van der Waals surface area (Å²) in [6, 6.07) is 8.01. The van der Waals surface area contributed by atoms with Crippen LogP contribution in [0.15, 0.2) is 36.4 Å². The molecular formula is C17H22BrNO2. The summed E-state index contributed by atoms with van der Waals surface area (Å²) >= 11 is 3.51. The van der Waals surface area contributed by atoms with Gasteiger partial charge in [0.1, 0.15) is 5.75 Å². The zero-order chi connectivity index (χ0) is 15.6. The number of methoxy groups -OCH3 is 1. The van der Waals surface area contributed by atoms with Crippen molar-refractivity contribution in [3.05, 3.63) is 42.0 Å². The second-order valence-electron chi connectivity index (χ2n) is 6.01. The predicted molar refractivity (Wildman–Crippen MR) is 88.6 cm³/mol. The summed E-state index contributed by atoms with van der Waals surface area (Å²) in [5.74, 6) is 1.04. The Bertz CT molecular complexity index is 534. The quantitative estimate of drug-likeness (QED) is 0.459. The number of amides is 1. The van der Waals surface area contributed by atoms with Gasteiger partial charge in [0.15, 0.2) is 0 Å². The van der Waals surface area contributed by atoms with Crippen molar-refractivity contribution >= 4 is 21.8 Å². The molecule has 0 bridgehead atoms. The third kappa shape index (κ3) is 3.31. The first-order valence-electron chi connectivity index (χ1n) is 7.12. The van der Waals surface area contributed by atoms with Gasteiger partial charge in [-0.1, -0.05) is 40.2 Å². The Morgan fingerprint density at radius 2 is 2.00 bits per heavy atom. The second-order valence-corrected chi connectivity index (χ2v) is 7.45. The molecule has 0 radical (unpaired) electrons. The molecule has 4 heteroatoms. The fourth-order valence-electron chi connectivity index (χ4n) is 2.65. The molecule has 1 heterocycles. The van der Waals surface area contributed by atoms with Crippen molar-refractivity contribution in [2.45, 2.75) is 38.2 Å². The number of allylic oxidation sites excluding steroid dienone is 1. The van der Waals surface area contributed by atoms with Gasteiger partial charge in [-0.25, -0.2) is 0 Å². The van der Waals surface area contributed by atoms with Crippen LogP contribution in [0.4, 0.5) is 0 Å². The summed E-state index contributed by atoms with van der Waals surface area (Å²) in [4.78, 5) is 14.6. The van der Waals surface area contributed by atoms with Crippen molar-refractivity contribution in [3.8, 4) is 5.75 Å². The largest absolute Gasteiger partial charge is 0.497 e. The van der Waals surface area contributed by atoms with Crippen LogP contribution in [-0.2, 0) is 11.3 Å². The SMILES string of the molecule is COc1ccc(CN2C(=O)C(C)(C)C2/C=C/C(C)Br)cc1. The number of hydrogen-bond donors (Lipinski definition) is 0. The summed E-state index contributed by atoms with van der Waals surface area (Å²) in [7, 11) is 1.65. The lowest BCUT2D eigenvalue weighted by Crippen LogP contribution is -2.65. The van der Waals surface area contributed by atoms with Gasteiger partial charge in [0.2, 0.25) is 5.91 Å². The second kappa shape index (κ2) is 6.22. The zero-order valence-electron chi connectivity index (χ0n) is 13.0. The average molecular weight is 352 g/mol. The lowest BCUT2D eigenvalue weighted by atomic mass is 9.73. The highest BCUT2D eigenvalue weighted by atomic mass is 79.9. The molecule has 1 amide bonds. The maximum absolute atomic E-state index is 12.3. The number of carbonyl (C=O) groups excluding carboxylic acids is 1. The number of hydrogen-bond acceptors (Lipinski definition) is 2. The lowest BCUT2D eigenvalue weighted by Gasteiger charge is -2.52. The van der Waals surface area contributed by atoms with Gasteiger partial charge < -0.3 is 9.64 Å². The third-order valence-corrected chi connectivity index (χ3v) is 4.26. The van der Waals surface area contributed by atoms with Crippen LogP contribution in [0.5, 0.6) is 5.75 Å². The molecule has 0 aliphatic carbocycles. The fourth-order valence-corrected chi connectivity index (χ4v) is 2.82. The smallest absolute Gasteiger partial charge is 0.231 e. The highest BCUT2D eigenvalue weighted by molar-refractivity contribution is 9.09. The molecule has 0 aromatic heterocycles. The van der Waals surface area contributed by atoms with Crippen molar-refractivity contribution < 1.29 is 9.53 Å². The van der Waals surface area contributed by atoms with Crippen LogP contribution in [0.3, 0.4) is 0 Å². The lowest BCUT2D eigenvalue weighted by molar-refractivity contribution is -0.164. The van der Waals surface area contributed by atoms with E-state index in [4.69, 9.17) is 4.74 Å². The fraction of sp³-hybridized carbons (Fsp3) is 0.471. The first-order valence-corrected chi connectivity index (χ1v) is 8.04. The number of likely N-dealkylation sites (tertiary alicyclic amines) is 1. The van der Waals surface area contributed by atoms with Crippen LogP contribution in [0, 0.1) is 5.41 Å². The number of ether oxygens (including phenoxy) is 1. The normalized spacial score (nSPS) is 22.2. The van der Waals surface area contributed by atoms with Gasteiger partial charge in [-0.05, 0) is 38.5 Å². The number of β-lactam (4-membered cyclic amide) rings is 1. The van der Waals surface area contributed by atoms with Gasteiger partial charge in [0, 0.05) is 11.4 Å². The minimum atomic E-state index is -0.315. The van der Waals surface area contributed by atoms with Gasteiger partial charge in [-0.2, -0.15) is 0 Å². The Morgan fingerprint density at radius 1 is 1.38 bits per heavy atom. The van der Waals surface area contributed by atoms with E-state index in [-0.39, 0.29) is 17.4 Å². The molecule has 1 aromatic carbocycles. The van der Waals surface area contributed by atoms with Crippen LogP contribution in [0.2, 0.25) is 0 Å². The number of carbonyl (C=O) groups is 1. The minimum Gasteiger partial charge on any atom is -0.497 e. The van der Waals surface area contributed by atoms with Crippen molar-refractivity contribution in [2.75, 3.05) is 7.11 Å². The van der Waals surface area contributed by atoms with E-state index < -0.39 is 0 Å². The minimum absolute atomic E-state index is 0.145. The van der Waals surface area contributed by atoms with Crippen molar-refractivity contribution in [3.63, 3.8) is 0 Å². The molecule has 1 aromatic rings. The van der Waals surface area contributed by atoms with E-state index in [9.17, 15) is 4.79 Å². The van der Waals surface area contributed by atoms with E-state index in [1.807, 2.05) is 43.0 Å². The monoisotopic (exact) mass is 351 g/mol. The summed E-state index contributed by atoms with van der Waals surface area (Å²) in [6.07, 6.45) is 4.23.